The summed E-state index contributed by atoms with van der Waals surface area (Å²) in [5, 5.41) is 0.660. The number of nitrogens with one attached hydrogen (secondary N) is 1. The highest BCUT2D eigenvalue weighted by Crippen LogP contribution is 2.45. The van der Waals surface area contributed by atoms with Crippen LogP contribution in [0.3, 0.4) is 0 Å². The summed E-state index contributed by atoms with van der Waals surface area (Å²) in [5.74, 6) is 1.53. The Balaban J connectivity index is 1.61. The molecule has 0 amide bonds. The zero-order valence-corrected chi connectivity index (χ0v) is 20.2. The lowest BCUT2D eigenvalue weighted by molar-refractivity contribution is 0.0706. The molecule has 1 N–H and O–H groups in total. The molecule has 33 heavy (non-hydrogen) atoms. The van der Waals surface area contributed by atoms with Gasteiger partial charge in [0, 0.05) is 48.2 Å². The lowest BCUT2D eigenvalue weighted by Crippen LogP contribution is -2.43. The SMILES string of the molecule is CC1(C)C[C@H](N(Cc2ncc[nH]2)c2ccc(Cl)cc2)c2cc(S(=O)(=O)N3CCC3)ccc2O1. The Labute approximate surface area is 199 Å². The number of halogens is 1. The number of benzene rings is 2. The van der Waals surface area contributed by atoms with Gasteiger partial charge in [-0.25, -0.2) is 13.4 Å². The van der Waals surface area contributed by atoms with Gasteiger partial charge in [0.25, 0.3) is 0 Å². The van der Waals surface area contributed by atoms with Crippen LogP contribution in [-0.2, 0) is 16.6 Å². The lowest BCUT2D eigenvalue weighted by atomic mass is 9.88. The quantitative estimate of drug-likeness (QED) is 0.543. The summed E-state index contributed by atoms with van der Waals surface area (Å²) in [7, 11) is -3.51. The van der Waals surface area contributed by atoms with Crippen molar-refractivity contribution in [1.82, 2.24) is 14.3 Å². The predicted octanol–water partition coefficient (Wildman–Crippen LogP) is 4.77. The van der Waals surface area contributed by atoms with Crippen molar-refractivity contribution < 1.29 is 13.2 Å². The first-order valence-electron chi connectivity index (χ1n) is 11.1. The van der Waals surface area contributed by atoms with Crippen molar-refractivity contribution in [3.63, 3.8) is 0 Å². The average molecular weight is 487 g/mol. The highest BCUT2D eigenvalue weighted by atomic mass is 35.5. The average Bonchev–Trinajstić information content (AvgIpc) is 3.23. The number of aromatic amines is 1. The molecule has 3 heterocycles. The van der Waals surface area contributed by atoms with E-state index in [1.54, 1.807) is 30.6 Å². The van der Waals surface area contributed by atoms with Crippen LogP contribution in [0.5, 0.6) is 5.75 Å². The molecule has 1 aromatic heterocycles. The number of imidazole rings is 1. The van der Waals surface area contributed by atoms with Gasteiger partial charge in [-0.15, -0.1) is 0 Å². The van der Waals surface area contributed by atoms with E-state index in [0.717, 1.165) is 23.5 Å². The first kappa shape index (κ1) is 22.3. The number of hydrogen-bond donors (Lipinski definition) is 1. The Bertz CT molecular complexity index is 1240. The molecule has 0 unspecified atom stereocenters. The Morgan fingerprint density at radius 1 is 1.21 bits per heavy atom. The molecule has 0 radical (unpaired) electrons. The lowest BCUT2D eigenvalue weighted by Gasteiger charge is -2.43. The van der Waals surface area contributed by atoms with Gasteiger partial charge < -0.3 is 14.6 Å². The van der Waals surface area contributed by atoms with Gasteiger partial charge in [-0.2, -0.15) is 4.31 Å². The minimum atomic E-state index is -3.51. The number of aromatic nitrogens is 2. The summed E-state index contributed by atoms with van der Waals surface area (Å²) in [6.45, 7) is 5.78. The Kier molecular flexibility index (Phi) is 5.63. The van der Waals surface area contributed by atoms with E-state index in [1.807, 2.05) is 24.3 Å². The second-order valence-electron chi connectivity index (χ2n) is 9.18. The van der Waals surface area contributed by atoms with Crippen LogP contribution < -0.4 is 9.64 Å². The fourth-order valence-corrected chi connectivity index (χ4v) is 6.15. The smallest absolute Gasteiger partial charge is 0.243 e. The van der Waals surface area contributed by atoms with Crippen molar-refractivity contribution in [2.45, 2.75) is 49.8 Å². The molecule has 7 nitrogen and oxygen atoms in total. The fraction of sp³-hybridized carbons (Fsp3) is 0.375. The maximum atomic E-state index is 13.1. The number of anilines is 1. The first-order chi connectivity index (χ1) is 15.7. The van der Waals surface area contributed by atoms with E-state index in [2.05, 4.69) is 28.7 Å². The highest BCUT2D eigenvalue weighted by molar-refractivity contribution is 7.89. The van der Waals surface area contributed by atoms with E-state index >= 15 is 0 Å². The van der Waals surface area contributed by atoms with Crippen LogP contribution in [0.25, 0.3) is 0 Å². The van der Waals surface area contributed by atoms with Crippen LogP contribution in [0, 0.1) is 0 Å². The third kappa shape index (κ3) is 4.35. The number of H-pyrrole nitrogens is 1. The summed E-state index contributed by atoms with van der Waals surface area (Å²) in [6, 6.07) is 12.8. The van der Waals surface area contributed by atoms with Crippen molar-refractivity contribution in [3.8, 4) is 5.75 Å². The third-order valence-electron chi connectivity index (χ3n) is 6.27. The Morgan fingerprint density at radius 3 is 2.61 bits per heavy atom. The minimum Gasteiger partial charge on any atom is -0.487 e. The second-order valence-corrected chi connectivity index (χ2v) is 11.6. The third-order valence-corrected chi connectivity index (χ3v) is 8.42. The number of nitrogens with zero attached hydrogens (tertiary/aromatic N) is 3. The van der Waals surface area contributed by atoms with Gasteiger partial charge in [0.15, 0.2) is 0 Å². The summed E-state index contributed by atoms with van der Waals surface area (Å²) < 4.78 is 34.0. The van der Waals surface area contributed by atoms with Crippen LogP contribution in [0.2, 0.25) is 5.02 Å². The number of fused-ring (bicyclic) bond motifs is 1. The molecule has 9 heteroatoms. The molecule has 2 aliphatic rings. The van der Waals surface area contributed by atoms with Gasteiger partial charge in [0.05, 0.1) is 17.5 Å². The summed E-state index contributed by atoms with van der Waals surface area (Å²) in [5.41, 5.74) is 1.40. The molecule has 0 aliphatic carbocycles. The van der Waals surface area contributed by atoms with Crippen LogP contribution in [0.15, 0.2) is 59.8 Å². The van der Waals surface area contributed by atoms with E-state index in [4.69, 9.17) is 16.3 Å². The van der Waals surface area contributed by atoms with Crippen molar-refractivity contribution in [1.29, 1.82) is 0 Å². The number of ether oxygens (including phenoxy) is 1. The molecule has 1 atom stereocenters. The standard InChI is InChI=1S/C24H27ClN4O3S/c1-24(2)15-21(29(16-23-26-10-11-27-23)18-6-4-17(25)5-7-18)20-14-19(8-9-22(20)32-24)33(30,31)28-12-3-13-28/h4-11,14,21H,3,12-13,15-16H2,1-2H3,(H,26,27)/t21-/m0/s1. The van der Waals surface area contributed by atoms with Gasteiger partial charge in [0.1, 0.15) is 17.2 Å². The number of hydrogen-bond acceptors (Lipinski definition) is 5. The summed E-state index contributed by atoms with van der Waals surface area (Å²) >= 11 is 6.16. The maximum Gasteiger partial charge on any atom is 0.243 e. The molecule has 5 rings (SSSR count). The molecule has 174 valence electrons. The summed E-state index contributed by atoms with van der Waals surface area (Å²) in [6.07, 6.45) is 5.11. The van der Waals surface area contributed by atoms with Gasteiger partial charge in [-0.05, 0) is 62.7 Å². The first-order valence-corrected chi connectivity index (χ1v) is 12.9. The molecule has 2 aliphatic heterocycles. The predicted molar refractivity (Wildman–Crippen MR) is 128 cm³/mol. The molecule has 0 spiro atoms. The molecule has 1 fully saturated rings. The summed E-state index contributed by atoms with van der Waals surface area (Å²) in [4.78, 5) is 10.2. The second kappa shape index (κ2) is 8.34. The fourth-order valence-electron chi connectivity index (χ4n) is 4.47. The van der Waals surface area contributed by atoms with Gasteiger partial charge >= 0.3 is 0 Å². The maximum absolute atomic E-state index is 13.1. The topological polar surface area (TPSA) is 78.5 Å². The van der Waals surface area contributed by atoms with Gasteiger partial charge in [-0.3, -0.25) is 0 Å². The molecule has 2 aromatic carbocycles. The van der Waals surface area contributed by atoms with Crippen LogP contribution in [0.1, 0.15) is 44.1 Å². The van der Waals surface area contributed by atoms with Crippen molar-refractivity contribution in [3.05, 3.63) is 71.3 Å². The van der Waals surface area contributed by atoms with Gasteiger partial charge in [-0.1, -0.05) is 11.6 Å². The monoisotopic (exact) mass is 486 g/mol. The van der Waals surface area contributed by atoms with Gasteiger partial charge in [0.2, 0.25) is 10.0 Å². The van der Waals surface area contributed by atoms with Crippen molar-refractivity contribution >= 4 is 27.3 Å². The van der Waals surface area contributed by atoms with Crippen LogP contribution >= 0.6 is 11.6 Å². The largest absolute Gasteiger partial charge is 0.487 e. The van der Waals surface area contributed by atoms with Crippen molar-refractivity contribution in [2.75, 3.05) is 18.0 Å². The van der Waals surface area contributed by atoms with E-state index in [-0.39, 0.29) is 6.04 Å². The number of sulfonamides is 1. The molecule has 0 saturated carbocycles. The van der Waals surface area contributed by atoms with Crippen LogP contribution in [-0.4, -0.2) is 41.4 Å². The Hall–Kier alpha value is -2.55. The molecular weight excluding hydrogens is 460 g/mol. The van der Waals surface area contributed by atoms with E-state index in [1.165, 1.54) is 4.31 Å². The number of rotatable bonds is 6. The highest BCUT2D eigenvalue weighted by Gasteiger charge is 2.39. The van der Waals surface area contributed by atoms with E-state index < -0.39 is 15.6 Å². The van der Waals surface area contributed by atoms with Crippen LogP contribution in [0.4, 0.5) is 5.69 Å². The molecule has 1 saturated heterocycles. The van der Waals surface area contributed by atoms with Crippen molar-refractivity contribution in [2.24, 2.45) is 0 Å². The zero-order chi connectivity index (χ0) is 23.2. The molecule has 3 aromatic rings. The van der Waals surface area contributed by atoms with E-state index in [9.17, 15) is 8.42 Å². The van der Waals surface area contributed by atoms with E-state index in [0.29, 0.717) is 41.7 Å². The zero-order valence-electron chi connectivity index (χ0n) is 18.7. The minimum absolute atomic E-state index is 0.124. The normalized spacial score (nSPS) is 19.9. The molecule has 0 bridgehead atoms. The Morgan fingerprint density at radius 2 is 1.97 bits per heavy atom. The molecular formula is C24H27ClN4O3S.